The lowest BCUT2D eigenvalue weighted by atomic mass is 10.1. The van der Waals surface area contributed by atoms with Crippen LogP contribution in [0, 0.1) is 0 Å². The fourth-order valence-electron chi connectivity index (χ4n) is 1.58. The molecule has 1 aromatic rings. The second kappa shape index (κ2) is 4.16. The van der Waals surface area contributed by atoms with Gasteiger partial charge in [0.2, 0.25) is 5.91 Å². The van der Waals surface area contributed by atoms with Gasteiger partial charge in [-0.15, -0.1) is 0 Å². The molecule has 0 aliphatic carbocycles. The molecule has 1 saturated heterocycles. The number of nitrogens with zero attached hydrogens (tertiary/aromatic N) is 1. The largest absolute Gasteiger partial charge is 0.397 e. The summed E-state index contributed by atoms with van der Waals surface area (Å²) < 4.78 is 0. The molecule has 2 rings (SSSR count). The molecule has 1 amide bonds. The lowest BCUT2D eigenvalue weighted by molar-refractivity contribution is -0.123. The highest BCUT2D eigenvalue weighted by atomic mass is 16.2. The van der Waals surface area contributed by atoms with Gasteiger partial charge in [0.1, 0.15) is 11.9 Å². The monoisotopic (exact) mass is 206 g/mol. The summed E-state index contributed by atoms with van der Waals surface area (Å²) in [6.45, 7) is 0.770. The highest BCUT2D eigenvalue weighted by molar-refractivity contribution is 5.84. The summed E-state index contributed by atoms with van der Waals surface area (Å²) in [6, 6.07) is 3.36. The predicted octanol–water partition coefficient (Wildman–Crippen LogP) is 0.354. The van der Waals surface area contributed by atoms with Crippen molar-refractivity contribution in [2.45, 2.75) is 18.9 Å². The number of carbonyl (C=O) groups is 1. The summed E-state index contributed by atoms with van der Waals surface area (Å²) in [4.78, 5) is 15.5. The number of nitrogens with one attached hydrogen (secondary N) is 2. The molecule has 1 aliphatic heterocycles. The highest BCUT2D eigenvalue weighted by Gasteiger charge is 2.21. The van der Waals surface area contributed by atoms with Crippen molar-refractivity contribution < 1.29 is 4.79 Å². The number of carbonyl (C=O) groups excluding carboxylic acids is 1. The van der Waals surface area contributed by atoms with Crippen LogP contribution in [0.3, 0.4) is 0 Å². The van der Waals surface area contributed by atoms with Crippen LogP contribution in [0.2, 0.25) is 0 Å². The molecule has 0 bridgehead atoms. The second-order valence-electron chi connectivity index (χ2n) is 3.61. The Bertz CT molecular complexity index is 349. The topological polar surface area (TPSA) is 80.0 Å². The smallest absolute Gasteiger partial charge is 0.242 e. The van der Waals surface area contributed by atoms with E-state index in [2.05, 4.69) is 15.6 Å². The number of piperidine rings is 1. The fraction of sp³-hybridized carbons (Fsp3) is 0.400. The highest BCUT2D eigenvalue weighted by Crippen LogP contribution is 2.11. The standard InChI is InChI=1S/C10H14N4O/c11-7-3-4-9(13-6-7)14-8-2-1-5-12-10(8)15/h3-4,6,8H,1-2,5,11H2,(H,12,15)(H,13,14). The van der Waals surface area contributed by atoms with Crippen molar-refractivity contribution in [1.29, 1.82) is 0 Å². The number of pyridine rings is 1. The molecule has 0 aromatic carbocycles. The van der Waals surface area contributed by atoms with Crippen LogP contribution >= 0.6 is 0 Å². The van der Waals surface area contributed by atoms with Crippen molar-refractivity contribution >= 4 is 17.4 Å². The Morgan fingerprint density at radius 1 is 1.53 bits per heavy atom. The molecule has 0 spiro atoms. The average molecular weight is 206 g/mol. The molecule has 1 fully saturated rings. The summed E-state index contributed by atoms with van der Waals surface area (Å²) >= 11 is 0. The molecule has 15 heavy (non-hydrogen) atoms. The molecule has 5 heteroatoms. The summed E-state index contributed by atoms with van der Waals surface area (Å²) in [6.07, 6.45) is 3.42. The Morgan fingerprint density at radius 3 is 3.07 bits per heavy atom. The maximum atomic E-state index is 11.4. The van der Waals surface area contributed by atoms with Crippen LogP contribution in [-0.4, -0.2) is 23.5 Å². The zero-order valence-corrected chi connectivity index (χ0v) is 8.36. The van der Waals surface area contributed by atoms with E-state index in [0.29, 0.717) is 11.5 Å². The average Bonchev–Trinajstić information content (AvgIpc) is 2.25. The van der Waals surface area contributed by atoms with Gasteiger partial charge in [-0.25, -0.2) is 4.98 Å². The van der Waals surface area contributed by atoms with E-state index in [1.54, 1.807) is 18.3 Å². The van der Waals surface area contributed by atoms with Gasteiger partial charge in [0.15, 0.2) is 0 Å². The number of hydrogen-bond acceptors (Lipinski definition) is 4. The van der Waals surface area contributed by atoms with E-state index in [1.807, 2.05) is 0 Å². The molecule has 80 valence electrons. The normalized spacial score (nSPS) is 20.8. The molecule has 4 N–H and O–H groups in total. The molecule has 5 nitrogen and oxygen atoms in total. The SMILES string of the molecule is Nc1ccc(NC2CCCNC2=O)nc1. The van der Waals surface area contributed by atoms with Gasteiger partial charge in [0, 0.05) is 6.54 Å². The van der Waals surface area contributed by atoms with Crippen LogP contribution in [0.4, 0.5) is 11.5 Å². The summed E-state index contributed by atoms with van der Waals surface area (Å²) in [5.74, 6) is 0.728. The van der Waals surface area contributed by atoms with Gasteiger partial charge < -0.3 is 16.4 Å². The molecule has 1 atom stereocenters. The molecule has 1 aliphatic rings. The van der Waals surface area contributed by atoms with E-state index in [4.69, 9.17) is 5.73 Å². The number of amides is 1. The Kier molecular flexibility index (Phi) is 2.71. The van der Waals surface area contributed by atoms with Crippen LogP contribution in [0.1, 0.15) is 12.8 Å². The summed E-state index contributed by atoms with van der Waals surface area (Å²) in [5.41, 5.74) is 6.14. The fourth-order valence-corrected chi connectivity index (χ4v) is 1.58. The van der Waals surface area contributed by atoms with Crippen LogP contribution in [0.5, 0.6) is 0 Å². The van der Waals surface area contributed by atoms with E-state index < -0.39 is 0 Å². The third kappa shape index (κ3) is 2.37. The maximum absolute atomic E-state index is 11.4. The van der Waals surface area contributed by atoms with Gasteiger partial charge in [0.25, 0.3) is 0 Å². The first-order valence-corrected chi connectivity index (χ1v) is 5.01. The first kappa shape index (κ1) is 9.76. The summed E-state index contributed by atoms with van der Waals surface area (Å²) in [7, 11) is 0. The first-order valence-electron chi connectivity index (χ1n) is 5.01. The Hall–Kier alpha value is -1.78. The van der Waals surface area contributed by atoms with E-state index in [-0.39, 0.29) is 11.9 Å². The van der Waals surface area contributed by atoms with Crippen molar-refractivity contribution in [1.82, 2.24) is 10.3 Å². The van der Waals surface area contributed by atoms with E-state index in [0.717, 1.165) is 19.4 Å². The van der Waals surface area contributed by atoms with Gasteiger partial charge in [-0.1, -0.05) is 0 Å². The number of aromatic nitrogens is 1. The minimum Gasteiger partial charge on any atom is -0.397 e. The quantitative estimate of drug-likeness (QED) is 0.652. The predicted molar refractivity (Wildman–Crippen MR) is 58.3 cm³/mol. The number of hydrogen-bond donors (Lipinski definition) is 3. The number of anilines is 2. The van der Waals surface area contributed by atoms with E-state index in [1.165, 1.54) is 0 Å². The van der Waals surface area contributed by atoms with Crippen LogP contribution < -0.4 is 16.4 Å². The molecule has 2 heterocycles. The van der Waals surface area contributed by atoms with Gasteiger partial charge >= 0.3 is 0 Å². The van der Waals surface area contributed by atoms with Crippen molar-refractivity contribution in [3.8, 4) is 0 Å². The minimum atomic E-state index is -0.171. The van der Waals surface area contributed by atoms with Crippen LogP contribution in [0.25, 0.3) is 0 Å². The van der Waals surface area contributed by atoms with Gasteiger partial charge in [0.05, 0.1) is 11.9 Å². The third-order valence-corrected chi connectivity index (χ3v) is 2.39. The molecule has 0 radical (unpaired) electrons. The number of nitrogen functional groups attached to an aromatic ring is 1. The maximum Gasteiger partial charge on any atom is 0.242 e. The van der Waals surface area contributed by atoms with Crippen molar-refractivity contribution in [2.24, 2.45) is 0 Å². The van der Waals surface area contributed by atoms with E-state index >= 15 is 0 Å². The zero-order valence-electron chi connectivity index (χ0n) is 8.36. The molecule has 1 aromatic heterocycles. The van der Waals surface area contributed by atoms with E-state index in [9.17, 15) is 4.79 Å². The Morgan fingerprint density at radius 2 is 2.40 bits per heavy atom. The van der Waals surface area contributed by atoms with Crippen molar-refractivity contribution in [2.75, 3.05) is 17.6 Å². The van der Waals surface area contributed by atoms with Crippen molar-refractivity contribution in [3.63, 3.8) is 0 Å². The minimum absolute atomic E-state index is 0.0416. The zero-order chi connectivity index (χ0) is 10.7. The molecule has 1 unspecified atom stereocenters. The third-order valence-electron chi connectivity index (χ3n) is 2.39. The van der Waals surface area contributed by atoms with Crippen molar-refractivity contribution in [3.05, 3.63) is 18.3 Å². The van der Waals surface area contributed by atoms with Gasteiger partial charge in [-0.05, 0) is 25.0 Å². The second-order valence-corrected chi connectivity index (χ2v) is 3.61. The lowest BCUT2D eigenvalue weighted by Crippen LogP contribution is -2.44. The van der Waals surface area contributed by atoms with Crippen LogP contribution in [0.15, 0.2) is 18.3 Å². The van der Waals surface area contributed by atoms with Gasteiger partial charge in [-0.2, -0.15) is 0 Å². The van der Waals surface area contributed by atoms with Gasteiger partial charge in [-0.3, -0.25) is 4.79 Å². The molecule has 0 saturated carbocycles. The first-order chi connectivity index (χ1) is 7.25. The Labute approximate surface area is 88.1 Å². The lowest BCUT2D eigenvalue weighted by Gasteiger charge is -2.23. The molecular formula is C10H14N4O. The van der Waals surface area contributed by atoms with Crippen LogP contribution in [-0.2, 0) is 4.79 Å². The summed E-state index contributed by atoms with van der Waals surface area (Å²) in [5, 5.41) is 5.89. The molecular weight excluding hydrogens is 192 g/mol. The Balaban J connectivity index is 2.01. The number of rotatable bonds is 2. The number of nitrogens with two attached hydrogens (primary N) is 1.